The highest BCUT2D eigenvalue weighted by molar-refractivity contribution is 9.10. The number of benzene rings is 3. The van der Waals surface area contributed by atoms with Gasteiger partial charge in [0.05, 0.1) is 16.5 Å². The first kappa shape index (κ1) is 24.3. The van der Waals surface area contributed by atoms with E-state index in [9.17, 15) is 22.4 Å². The number of amides is 1. The fraction of sp³-hybridized carbons (Fsp3) is 0.200. The van der Waals surface area contributed by atoms with Crippen molar-refractivity contribution in [2.24, 2.45) is 5.92 Å². The van der Waals surface area contributed by atoms with Gasteiger partial charge in [0.15, 0.2) is 5.78 Å². The Morgan fingerprint density at radius 2 is 1.71 bits per heavy atom. The summed E-state index contributed by atoms with van der Waals surface area (Å²) in [6.45, 7) is 0.281. The maximum atomic E-state index is 13.2. The van der Waals surface area contributed by atoms with Crippen molar-refractivity contribution in [3.05, 3.63) is 94.2 Å². The molecule has 0 bridgehead atoms. The zero-order valence-electron chi connectivity index (χ0n) is 18.1. The van der Waals surface area contributed by atoms with Gasteiger partial charge in [-0.3, -0.25) is 9.59 Å². The number of piperidine rings is 1. The first-order chi connectivity index (χ1) is 16.3. The van der Waals surface area contributed by atoms with Crippen LogP contribution in [0.15, 0.2) is 82.2 Å². The van der Waals surface area contributed by atoms with Crippen LogP contribution < -0.4 is 5.32 Å². The van der Waals surface area contributed by atoms with Gasteiger partial charge in [0.1, 0.15) is 5.82 Å². The lowest BCUT2D eigenvalue weighted by atomic mass is 9.97. The molecule has 1 fully saturated rings. The molecule has 3 aromatic rings. The summed E-state index contributed by atoms with van der Waals surface area (Å²) >= 11 is 3.37. The lowest BCUT2D eigenvalue weighted by molar-refractivity contribution is -0.120. The Balaban J connectivity index is 1.53. The summed E-state index contributed by atoms with van der Waals surface area (Å²) in [7, 11) is -3.85. The van der Waals surface area contributed by atoms with Crippen LogP contribution in [-0.4, -0.2) is 37.5 Å². The van der Waals surface area contributed by atoms with Gasteiger partial charge in [0.2, 0.25) is 15.9 Å². The van der Waals surface area contributed by atoms with E-state index in [1.54, 1.807) is 42.5 Å². The average Bonchev–Trinajstić information content (AvgIpc) is 2.85. The van der Waals surface area contributed by atoms with Crippen molar-refractivity contribution in [3.8, 4) is 0 Å². The molecular weight excluding hydrogens is 523 g/mol. The van der Waals surface area contributed by atoms with Crippen LogP contribution in [0, 0.1) is 11.7 Å². The normalized spacial score (nSPS) is 16.7. The van der Waals surface area contributed by atoms with Gasteiger partial charge in [-0.25, -0.2) is 12.8 Å². The van der Waals surface area contributed by atoms with Crippen molar-refractivity contribution >= 4 is 43.3 Å². The summed E-state index contributed by atoms with van der Waals surface area (Å²) in [5.41, 5.74) is 1.19. The molecule has 0 aliphatic carbocycles. The maximum absolute atomic E-state index is 13.2. The molecule has 1 N–H and O–H groups in total. The van der Waals surface area contributed by atoms with Crippen LogP contribution in [0.4, 0.5) is 10.1 Å². The molecule has 1 unspecified atom stereocenters. The molecule has 1 heterocycles. The summed E-state index contributed by atoms with van der Waals surface area (Å²) < 4.78 is 41.1. The number of sulfonamides is 1. The molecule has 34 heavy (non-hydrogen) atoms. The van der Waals surface area contributed by atoms with E-state index < -0.39 is 21.8 Å². The third-order valence-electron chi connectivity index (χ3n) is 5.73. The molecule has 1 amide bonds. The van der Waals surface area contributed by atoms with Gasteiger partial charge in [-0.05, 0) is 55.3 Å². The molecule has 1 aliphatic heterocycles. The summed E-state index contributed by atoms with van der Waals surface area (Å²) in [5.74, 6) is -1.71. The lowest BCUT2D eigenvalue weighted by Gasteiger charge is -2.31. The Hall–Kier alpha value is -2.88. The van der Waals surface area contributed by atoms with Crippen molar-refractivity contribution in [2.75, 3.05) is 18.4 Å². The highest BCUT2D eigenvalue weighted by atomic mass is 79.9. The number of hydrogen-bond donors (Lipinski definition) is 1. The number of hydrogen-bond acceptors (Lipinski definition) is 4. The van der Waals surface area contributed by atoms with E-state index in [-0.39, 0.29) is 29.7 Å². The fourth-order valence-electron chi connectivity index (χ4n) is 3.92. The Morgan fingerprint density at radius 3 is 2.41 bits per heavy atom. The lowest BCUT2D eigenvalue weighted by Crippen LogP contribution is -2.43. The highest BCUT2D eigenvalue weighted by Gasteiger charge is 2.33. The Kier molecular flexibility index (Phi) is 7.25. The van der Waals surface area contributed by atoms with E-state index in [1.165, 1.54) is 16.4 Å². The van der Waals surface area contributed by atoms with Crippen LogP contribution in [0.3, 0.4) is 0 Å². The van der Waals surface area contributed by atoms with E-state index in [4.69, 9.17) is 0 Å². The Bertz CT molecular complexity index is 1310. The molecule has 3 aromatic carbocycles. The highest BCUT2D eigenvalue weighted by Crippen LogP contribution is 2.28. The summed E-state index contributed by atoms with van der Waals surface area (Å²) in [6.07, 6.45) is 1.02. The summed E-state index contributed by atoms with van der Waals surface area (Å²) in [6, 6.07) is 18.4. The van der Waals surface area contributed by atoms with Gasteiger partial charge in [-0.1, -0.05) is 46.3 Å². The maximum Gasteiger partial charge on any atom is 0.243 e. The van der Waals surface area contributed by atoms with Crippen molar-refractivity contribution in [1.29, 1.82) is 0 Å². The van der Waals surface area contributed by atoms with Gasteiger partial charge in [-0.15, -0.1) is 0 Å². The smallest absolute Gasteiger partial charge is 0.243 e. The fourth-order valence-corrected chi connectivity index (χ4v) is 5.81. The van der Waals surface area contributed by atoms with Crippen LogP contribution in [0.2, 0.25) is 0 Å². The monoisotopic (exact) mass is 544 g/mol. The molecule has 176 valence electrons. The van der Waals surface area contributed by atoms with Crippen molar-refractivity contribution < 1.29 is 22.4 Å². The Labute approximate surface area is 206 Å². The quantitative estimate of drug-likeness (QED) is 0.449. The molecule has 1 saturated heterocycles. The predicted octanol–water partition coefficient (Wildman–Crippen LogP) is 4.86. The molecular formula is C25H22BrFN2O4S. The standard InChI is InChI=1S/C25H22BrFN2O4S/c26-19-8-13-23(22(15-19)24(30)17-5-2-1-3-6-17)28-25(31)18-7-4-14-29(16-18)34(32,33)21-11-9-20(27)10-12-21/h1-3,5-6,8-13,15,18H,4,7,14,16H2,(H,28,31). The van der Waals surface area contributed by atoms with Crippen LogP contribution in [0.5, 0.6) is 0 Å². The van der Waals surface area contributed by atoms with Crippen molar-refractivity contribution in [1.82, 2.24) is 4.31 Å². The molecule has 1 atom stereocenters. The second-order valence-electron chi connectivity index (χ2n) is 8.03. The van der Waals surface area contributed by atoms with Crippen molar-refractivity contribution in [2.45, 2.75) is 17.7 Å². The molecule has 1 aliphatic rings. The number of nitrogens with zero attached hydrogens (tertiary/aromatic N) is 1. The second kappa shape index (κ2) is 10.2. The topological polar surface area (TPSA) is 83.6 Å². The zero-order chi connectivity index (χ0) is 24.3. The molecule has 0 saturated carbocycles. The zero-order valence-corrected chi connectivity index (χ0v) is 20.5. The van der Waals surface area contributed by atoms with E-state index in [0.717, 1.165) is 12.1 Å². The van der Waals surface area contributed by atoms with Gasteiger partial charge >= 0.3 is 0 Å². The van der Waals surface area contributed by atoms with Crippen LogP contribution in [0.25, 0.3) is 0 Å². The van der Waals surface area contributed by atoms with Crippen LogP contribution >= 0.6 is 15.9 Å². The third kappa shape index (κ3) is 5.27. The third-order valence-corrected chi connectivity index (χ3v) is 8.10. The molecule has 0 spiro atoms. The van der Waals surface area contributed by atoms with Crippen molar-refractivity contribution in [3.63, 3.8) is 0 Å². The van der Waals surface area contributed by atoms with Crippen LogP contribution in [0.1, 0.15) is 28.8 Å². The number of anilines is 1. The van der Waals surface area contributed by atoms with E-state index in [1.807, 2.05) is 6.07 Å². The van der Waals surface area contributed by atoms with Gasteiger partial charge in [0.25, 0.3) is 0 Å². The number of nitrogens with one attached hydrogen (secondary N) is 1. The number of halogens is 2. The summed E-state index contributed by atoms with van der Waals surface area (Å²) in [5, 5.41) is 2.83. The first-order valence-corrected chi connectivity index (χ1v) is 12.9. The van der Waals surface area contributed by atoms with Gasteiger partial charge in [0, 0.05) is 28.7 Å². The predicted molar refractivity (Wildman–Crippen MR) is 131 cm³/mol. The minimum Gasteiger partial charge on any atom is -0.325 e. The minimum atomic E-state index is -3.85. The number of rotatable bonds is 6. The number of ketones is 1. The SMILES string of the molecule is O=C(c1ccccc1)c1cc(Br)ccc1NC(=O)C1CCCN(S(=O)(=O)c2ccc(F)cc2)C1. The van der Waals surface area contributed by atoms with E-state index in [2.05, 4.69) is 21.2 Å². The van der Waals surface area contributed by atoms with E-state index in [0.29, 0.717) is 34.1 Å². The average molecular weight is 545 g/mol. The first-order valence-electron chi connectivity index (χ1n) is 10.7. The number of carbonyl (C=O) groups excluding carboxylic acids is 2. The van der Waals surface area contributed by atoms with Gasteiger partial charge < -0.3 is 5.32 Å². The molecule has 9 heteroatoms. The number of carbonyl (C=O) groups is 2. The minimum absolute atomic E-state index is 0.00400. The summed E-state index contributed by atoms with van der Waals surface area (Å²) in [4.78, 5) is 26.2. The molecule has 0 aromatic heterocycles. The largest absolute Gasteiger partial charge is 0.325 e. The van der Waals surface area contributed by atoms with Crippen LogP contribution in [-0.2, 0) is 14.8 Å². The van der Waals surface area contributed by atoms with Gasteiger partial charge in [-0.2, -0.15) is 4.31 Å². The van der Waals surface area contributed by atoms with E-state index >= 15 is 0 Å². The molecule has 4 rings (SSSR count). The second-order valence-corrected chi connectivity index (χ2v) is 10.9. The molecule has 6 nitrogen and oxygen atoms in total. The Morgan fingerprint density at radius 1 is 1.00 bits per heavy atom. The molecule has 0 radical (unpaired) electrons.